The Bertz CT molecular complexity index is 796. The van der Waals surface area contributed by atoms with Crippen LogP contribution in [0.15, 0.2) is 48.5 Å². The minimum Gasteiger partial charge on any atom is -0.508 e. The van der Waals surface area contributed by atoms with Crippen LogP contribution in [-0.4, -0.2) is 36.7 Å². The zero-order valence-electron chi connectivity index (χ0n) is 15.4. The largest absolute Gasteiger partial charge is 0.508 e. The van der Waals surface area contributed by atoms with Crippen molar-refractivity contribution in [2.75, 3.05) is 29.9 Å². The van der Waals surface area contributed by atoms with E-state index in [0.29, 0.717) is 5.69 Å². The number of ether oxygens (including phenoxy) is 1. The first-order valence-electron chi connectivity index (χ1n) is 9.12. The molecule has 0 spiro atoms. The molecule has 0 unspecified atom stereocenters. The van der Waals surface area contributed by atoms with E-state index < -0.39 is 11.9 Å². The van der Waals surface area contributed by atoms with Crippen LogP contribution in [0.2, 0.25) is 0 Å². The van der Waals surface area contributed by atoms with E-state index in [-0.39, 0.29) is 17.9 Å². The lowest BCUT2D eigenvalue weighted by atomic mass is 9.99. The van der Waals surface area contributed by atoms with E-state index >= 15 is 0 Å². The number of phenols is 1. The van der Waals surface area contributed by atoms with E-state index in [9.17, 15) is 14.7 Å². The van der Waals surface area contributed by atoms with Crippen LogP contribution in [0.1, 0.15) is 30.1 Å². The minimum absolute atomic E-state index is 0.0304. The summed E-state index contributed by atoms with van der Waals surface area (Å²) >= 11 is 0. The van der Waals surface area contributed by atoms with Gasteiger partial charge in [-0.1, -0.05) is 13.0 Å². The molecule has 1 heterocycles. The first-order valence-corrected chi connectivity index (χ1v) is 9.12. The summed E-state index contributed by atoms with van der Waals surface area (Å²) in [6, 6.07) is 13.5. The summed E-state index contributed by atoms with van der Waals surface area (Å²) in [6.07, 6.45) is 2.39. The molecule has 1 aliphatic rings. The van der Waals surface area contributed by atoms with Crippen LogP contribution in [-0.2, 0) is 9.53 Å². The average molecular weight is 368 g/mol. The van der Waals surface area contributed by atoms with Gasteiger partial charge in [0, 0.05) is 24.5 Å². The number of rotatable bonds is 5. The first-order chi connectivity index (χ1) is 13.0. The normalized spacial score (nSPS) is 14.6. The lowest BCUT2D eigenvalue weighted by Crippen LogP contribution is -2.32. The fourth-order valence-electron chi connectivity index (χ4n) is 3.07. The molecule has 0 aliphatic carbocycles. The number of carbonyl (C=O) groups excluding carboxylic acids is 2. The molecule has 6 nitrogen and oxygen atoms in total. The Labute approximate surface area is 158 Å². The molecule has 2 aromatic rings. The smallest absolute Gasteiger partial charge is 0.338 e. The highest BCUT2D eigenvalue weighted by molar-refractivity contribution is 5.95. The highest BCUT2D eigenvalue weighted by Gasteiger charge is 2.16. The minimum atomic E-state index is -0.657. The van der Waals surface area contributed by atoms with Gasteiger partial charge in [-0.2, -0.15) is 0 Å². The number of amides is 1. The molecular formula is C21H24N2O4. The van der Waals surface area contributed by atoms with Crippen molar-refractivity contribution in [3.8, 4) is 5.75 Å². The number of carbonyl (C=O) groups is 2. The third-order valence-electron chi connectivity index (χ3n) is 4.72. The summed E-state index contributed by atoms with van der Waals surface area (Å²) in [5.41, 5.74) is 2.00. The van der Waals surface area contributed by atoms with E-state index in [4.69, 9.17) is 4.74 Å². The summed E-state index contributed by atoms with van der Waals surface area (Å²) in [4.78, 5) is 26.2. The van der Waals surface area contributed by atoms with Crippen molar-refractivity contribution < 1.29 is 19.4 Å². The molecule has 3 rings (SSSR count). The van der Waals surface area contributed by atoms with Gasteiger partial charge in [-0.15, -0.1) is 0 Å². The van der Waals surface area contributed by atoms with Crippen molar-refractivity contribution in [3.05, 3.63) is 54.1 Å². The quantitative estimate of drug-likeness (QED) is 0.791. The van der Waals surface area contributed by atoms with Crippen LogP contribution in [0, 0.1) is 5.92 Å². The number of nitrogens with zero attached hydrogens (tertiary/aromatic N) is 1. The highest BCUT2D eigenvalue weighted by Crippen LogP contribution is 2.24. The fraction of sp³-hybridized carbons (Fsp3) is 0.333. The Hall–Kier alpha value is -3.02. The van der Waals surface area contributed by atoms with Crippen molar-refractivity contribution in [3.63, 3.8) is 0 Å². The highest BCUT2D eigenvalue weighted by atomic mass is 16.5. The summed E-state index contributed by atoms with van der Waals surface area (Å²) in [6.45, 7) is 4.00. The molecule has 0 saturated carbocycles. The number of hydrogen-bond acceptors (Lipinski definition) is 5. The topological polar surface area (TPSA) is 78.9 Å². The number of esters is 1. The van der Waals surface area contributed by atoms with Gasteiger partial charge in [-0.25, -0.2) is 4.79 Å². The molecule has 0 radical (unpaired) electrons. The summed E-state index contributed by atoms with van der Waals surface area (Å²) in [5, 5.41) is 12.1. The van der Waals surface area contributed by atoms with Gasteiger partial charge >= 0.3 is 5.97 Å². The second-order valence-electron chi connectivity index (χ2n) is 6.89. The Morgan fingerprint density at radius 2 is 1.85 bits per heavy atom. The molecule has 1 amide bonds. The van der Waals surface area contributed by atoms with Crippen LogP contribution in [0.25, 0.3) is 0 Å². The summed E-state index contributed by atoms with van der Waals surface area (Å²) < 4.78 is 4.98. The van der Waals surface area contributed by atoms with E-state index in [0.717, 1.165) is 24.7 Å². The molecule has 142 valence electrons. The first kappa shape index (κ1) is 18.8. The zero-order valence-corrected chi connectivity index (χ0v) is 15.4. The number of hydrogen-bond donors (Lipinski definition) is 2. The van der Waals surface area contributed by atoms with Crippen LogP contribution < -0.4 is 10.2 Å². The van der Waals surface area contributed by atoms with E-state index in [1.54, 1.807) is 0 Å². The van der Waals surface area contributed by atoms with Gasteiger partial charge in [0.2, 0.25) is 0 Å². The molecule has 2 aromatic carbocycles. The number of benzene rings is 2. The number of anilines is 2. The average Bonchev–Trinajstić information content (AvgIpc) is 2.67. The number of nitrogens with one attached hydrogen (secondary N) is 1. The maximum absolute atomic E-state index is 12.0. The molecule has 0 aromatic heterocycles. The van der Waals surface area contributed by atoms with Gasteiger partial charge in [0.25, 0.3) is 5.91 Å². The van der Waals surface area contributed by atoms with Gasteiger partial charge in [0.15, 0.2) is 6.61 Å². The summed E-state index contributed by atoms with van der Waals surface area (Å²) in [5.74, 6) is -0.321. The lowest BCUT2D eigenvalue weighted by Gasteiger charge is -2.32. The number of phenolic OH excluding ortho intramolecular Hbond substituents is 1. The second-order valence-corrected chi connectivity index (χ2v) is 6.89. The van der Waals surface area contributed by atoms with Crippen molar-refractivity contribution >= 4 is 23.3 Å². The van der Waals surface area contributed by atoms with Gasteiger partial charge < -0.3 is 20.1 Å². The van der Waals surface area contributed by atoms with Crippen LogP contribution >= 0.6 is 0 Å². The SMILES string of the molecule is CC1CCN(c2ccc(NC(=O)COC(=O)c3cccc(O)c3)cc2)CC1. The molecule has 2 N–H and O–H groups in total. The third-order valence-corrected chi connectivity index (χ3v) is 4.72. The van der Waals surface area contributed by atoms with E-state index in [2.05, 4.69) is 17.1 Å². The predicted molar refractivity (Wildman–Crippen MR) is 104 cm³/mol. The molecular weight excluding hydrogens is 344 g/mol. The van der Waals surface area contributed by atoms with Crippen molar-refractivity contribution in [1.82, 2.24) is 0 Å². The fourth-order valence-corrected chi connectivity index (χ4v) is 3.07. The van der Waals surface area contributed by atoms with Crippen molar-refractivity contribution in [2.45, 2.75) is 19.8 Å². The van der Waals surface area contributed by atoms with Gasteiger partial charge in [0.1, 0.15) is 5.75 Å². The predicted octanol–water partition coefficient (Wildman–Crippen LogP) is 3.42. The van der Waals surface area contributed by atoms with E-state index in [1.165, 1.54) is 37.1 Å². The van der Waals surface area contributed by atoms with Crippen LogP contribution in [0.4, 0.5) is 11.4 Å². The molecule has 1 saturated heterocycles. The van der Waals surface area contributed by atoms with Crippen LogP contribution in [0.3, 0.4) is 0 Å². The van der Waals surface area contributed by atoms with Gasteiger partial charge in [-0.05, 0) is 61.2 Å². The molecule has 0 atom stereocenters. The monoisotopic (exact) mass is 368 g/mol. The Morgan fingerprint density at radius 3 is 2.52 bits per heavy atom. The maximum Gasteiger partial charge on any atom is 0.338 e. The molecule has 0 bridgehead atoms. The standard InChI is InChI=1S/C21H24N2O4/c1-15-9-11-23(12-10-15)18-7-5-17(6-8-18)22-20(25)14-27-21(26)16-3-2-4-19(24)13-16/h2-8,13,15,24H,9-12,14H2,1H3,(H,22,25). The molecule has 6 heteroatoms. The Kier molecular flexibility index (Phi) is 5.96. The van der Waals surface area contributed by atoms with E-state index in [1.807, 2.05) is 24.3 Å². The number of piperidine rings is 1. The van der Waals surface area contributed by atoms with Crippen molar-refractivity contribution in [1.29, 1.82) is 0 Å². The molecule has 1 aliphatic heterocycles. The van der Waals surface area contributed by atoms with Gasteiger partial charge in [-0.3, -0.25) is 4.79 Å². The molecule has 27 heavy (non-hydrogen) atoms. The summed E-state index contributed by atoms with van der Waals surface area (Å²) in [7, 11) is 0. The Balaban J connectivity index is 1.48. The Morgan fingerprint density at radius 1 is 1.15 bits per heavy atom. The maximum atomic E-state index is 12.0. The molecule has 1 fully saturated rings. The van der Waals surface area contributed by atoms with Crippen molar-refractivity contribution in [2.24, 2.45) is 5.92 Å². The third kappa shape index (κ3) is 5.23. The lowest BCUT2D eigenvalue weighted by molar-refractivity contribution is -0.119. The zero-order chi connectivity index (χ0) is 19.2. The number of aromatic hydroxyl groups is 1. The second kappa shape index (κ2) is 8.58. The van der Waals surface area contributed by atoms with Gasteiger partial charge in [0.05, 0.1) is 5.56 Å². The van der Waals surface area contributed by atoms with Crippen LogP contribution in [0.5, 0.6) is 5.75 Å².